The Morgan fingerprint density at radius 1 is 1.40 bits per heavy atom. The molecule has 0 spiro atoms. The molecule has 1 aromatic rings. The number of hydrogen-bond donors (Lipinski definition) is 0. The molecule has 0 bridgehead atoms. The van der Waals surface area contributed by atoms with E-state index in [1.807, 2.05) is 44.2 Å². The SMILES string of the molecule is C=C(OC)C(C)(I)CC(C(=O)OCC)c1ccccc1. The number of benzene rings is 1. The zero-order valence-electron chi connectivity index (χ0n) is 12.2. The number of carbonyl (C=O) groups is 1. The van der Waals surface area contributed by atoms with Crippen LogP contribution in [0.2, 0.25) is 0 Å². The number of allylic oxidation sites excluding steroid dienone is 1. The number of carbonyl (C=O) groups excluding carboxylic acids is 1. The minimum atomic E-state index is -0.334. The smallest absolute Gasteiger partial charge is 0.313 e. The van der Waals surface area contributed by atoms with Gasteiger partial charge < -0.3 is 9.47 Å². The summed E-state index contributed by atoms with van der Waals surface area (Å²) in [6.45, 7) is 8.12. The molecule has 110 valence electrons. The van der Waals surface area contributed by atoms with Crippen LogP contribution in [0.5, 0.6) is 0 Å². The molecule has 0 heterocycles. The molecule has 2 unspecified atom stereocenters. The van der Waals surface area contributed by atoms with Crippen LogP contribution in [0.4, 0.5) is 0 Å². The molecule has 1 rings (SSSR count). The highest BCUT2D eigenvalue weighted by molar-refractivity contribution is 14.1. The minimum Gasteiger partial charge on any atom is -0.500 e. The summed E-state index contributed by atoms with van der Waals surface area (Å²) >= 11 is 2.27. The number of methoxy groups -OCH3 is 1. The zero-order chi connectivity index (χ0) is 15.2. The summed E-state index contributed by atoms with van der Waals surface area (Å²) in [6.07, 6.45) is 0.586. The van der Waals surface area contributed by atoms with E-state index in [9.17, 15) is 4.79 Å². The van der Waals surface area contributed by atoms with E-state index < -0.39 is 0 Å². The fraction of sp³-hybridized carbons (Fsp3) is 0.438. The second kappa shape index (κ2) is 7.67. The van der Waals surface area contributed by atoms with Crippen molar-refractivity contribution in [2.24, 2.45) is 0 Å². The van der Waals surface area contributed by atoms with Crippen LogP contribution in [0, 0.1) is 0 Å². The molecule has 0 N–H and O–H groups in total. The van der Waals surface area contributed by atoms with Crippen LogP contribution in [0.15, 0.2) is 42.7 Å². The van der Waals surface area contributed by atoms with Crippen LogP contribution in [0.25, 0.3) is 0 Å². The maximum Gasteiger partial charge on any atom is 0.313 e. The number of hydrogen-bond acceptors (Lipinski definition) is 3. The Morgan fingerprint density at radius 3 is 2.50 bits per heavy atom. The summed E-state index contributed by atoms with van der Waals surface area (Å²) in [5, 5.41) is 0. The molecular formula is C16H21IO3. The summed E-state index contributed by atoms with van der Waals surface area (Å²) in [5.41, 5.74) is 0.956. The maximum atomic E-state index is 12.2. The van der Waals surface area contributed by atoms with Gasteiger partial charge in [0.2, 0.25) is 0 Å². The van der Waals surface area contributed by atoms with Gasteiger partial charge in [-0.15, -0.1) is 0 Å². The van der Waals surface area contributed by atoms with Crippen molar-refractivity contribution in [2.75, 3.05) is 13.7 Å². The maximum absolute atomic E-state index is 12.2. The van der Waals surface area contributed by atoms with Crippen LogP contribution in [-0.2, 0) is 14.3 Å². The van der Waals surface area contributed by atoms with Crippen molar-refractivity contribution in [1.29, 1.82) is 0 Å². The largest absolute Gasteiger partial charge is 0.500 e. The van der Waals surface area contributed by atoms with Gasteiger partial charge in [-0.3, -0.25) is 4.79 Å². The third-order valence-electron chi connectivity index (χ3n) is 3.19. The predicted molar refractivity (Wildman–Crippen MR) is 89.0 cm³/mol. The van der Waals surface area contributed by atoms with Crippen molar-refractivity contribution in [2.45, 2.75) is 29.6 Å². The number of rotatable bonds is 7. The van der Waals surface area contributed by atoms with Gasteiger partial charge in [0.1, 0.15) is 5.76 Å². The first-order valence-corrected chi connectivity index (χ1v) is 7.64. The van der Waals surface area contributed by atoms with Gasteiger partial charge in [-0.1, -0.05) is 59.5 Å². The number of ether oxygens (including phenoxy) is 2. The third kappa shape index (κ3) is 4.51. The van der Waals surface area contributed by atoms with Gasteiger partial charge in [0.15, 0.2) is 0 Å². The lowest BCUT2D eigenvalue weighted by Gasteiger charge is -2.28. The van der Waals surface area contributed by atoms with Crippen LogP contribution >= 0.6 is 22.6 Å². The van der Waals surface area contributed by atoms with Gasteiger partial charge >= 0.3 is 5.97 Å². The van der Waals surface area contributed by atoms with Gasteiger partial charge in [0, 0.05) is 0 Å². The van der Waals surface area contributed by atoms with Crippen LogP contribution in [0.1, 0.15) is 31.7 Å². The predicted octanol–water partition coefficient (Wildman–Crippen LogP) is 4.08. The quantitative estimate of drug-likeness (QED) is 0.306. The average molecular weight is 388 g/mol. The fourth-order valence-corrected chi connectivity index (χ4v) is 2.64. The van der Waals surface area contributed by atoms with E-state index in [0.29, 0.717) is 18.8 Å². The molecule has 0 saturated carbocycles. The van der Waals surface area contributed by atoms with Gasteiger partial charge in [0.25, 0.3) is 0 Å². The van der Waals surface area contributed by atoms with E-state index in [0.717, 1.165) is 5.56 Å². The molecule has 2 atom stereocenters. The van der Waals surface area contributed by atoms with Crippen molar-refractivity contribution in [3.8, 4) is 0 Å². The second-order valence-corrected chi connectivity index (χ2v) is 7.13. The Bertz CT molecular complexity index is 454. The number of alkyl halides is 1. The van der Waals surface area contributed by atoms with Crippen LogP contribution in [0.3, 0.4) is 0 Å². The molecule has 0 aromatic heterocycles. The summed E-state index contributed by atoms with van der Waals surface area (Å²) in [5.74, 6) is 0.138. The Morgan fingerprint density at radius 2 is 2.00 bits per heavy atom. The number of halogens is 1. The van der Waals surface area contributed by atoms with Crippen molar-refractivity contribution < 1.29 is 14.3 Å². The van der Waals surface area contributed by atoms with Crippen LogP contribution in [-0.4, -0.2) is 23.1 Å². The fourth-order valence-electron chi connectivity index (χ4n) is 1.98. The van der Waals surface area contributed by atoms with Gasteiger partial charge in [-0.25, -0.2) is 0 Å². The highest BCUT2D eigenvalue weighted by atomic mass is 127. The monoisotopic (exact) mass is 388 g/mol. The minimum absolute atomic E-state index is 0.203. The molecule has 1 aromatic carbocycles. The molecule has 0 aliphatic rings. The molecule has 3 nitrogen and oxygen atoms in total. The van der Waals surface area contributed by atoms with Crippen molar-refractivity contribution >= 4 is 28.6 Å². The first-order chi connectivity index (χ1) is 9.42. The second-order valence-electron chi connectivity index (χ2n) is 4.74. The number of esters is 1. The summed E-state index contributed by atoms with van der Waals surface area (Å²) < 4.78 is 10.1. The van der Waals surface area contributed by atoms with Gasteiger partial charge in [0.05, 0.1) is 23.1 Å². The van der Waals surface area contributed by atoms with E-state index in [4.69, 9.17) is 9.47 Å². The standard InChI is InChI=1S/C16H21IO3/c1-5-20-15(18)14(13-9-7-6-8-10-13)11-16(3,17)12(2)19-4/h6-10,14H,2,5,11H2,1,3-4H3. The molecule has 0 aliphatic heterocycles. The summed E-state index contributed by atoms with van der Waals surface area (Å²) in [7, 11) is 1.60. The molecule has 0 fully saturated rings. The third-order valence-corrected chi connectivity index (χ3v) is 4.23. The van der Waals surface area contributed by atoms with Crippen molar-refractivity contribution in [1.82, 2.24) is 0 Å². The van der Waals surface area contributed by atoms with Crippen molar-refractivity contribution in [3.63, 3.8) is 0 Å². The van der Waals surface area contributed by atoms with E-state index in [-0.39, 0.29) is 15.3 Å². The summed E-state index contributed by atoms with van der Waals surface area (Å²) in [6, 6.07) is 9.69. The van der Waals surface area contributed by atoms with E-state index >= 15 is 0 Å². The normalized spacial score (nSPS) is 15.0. The highest BCUT2D eigenvalue weighted by Crippen LogP contribution is 2.38. The summed E-state index contributed by atoms with van der Waals surface area (Å²) in [4.78, 5) is 12.2. The molecule has 0 saturated heterocycles. The molecule has 0 amide bonds. The first-order valence-electron chi connectivity index (χ1n) is 6.56. The van der Waals surface area contributed by atoms with E-state index in [2.05, 4.69) is 29.2 Å². The molecular weight excluding hydrogens is 367 g/mol. The molecule has 4 heteroatoms. The Hall–Kier alpha value is -1.04. The Kier molecular flexibility index (Phi) is 6.52. The Balaban J connectivity index is 3.01. The first kappa shape index (κ1) is 17.0. The van der Waals surface area contributed by atoms with E-state index in [1.54, 1.807) is 7.11 Å². The zero-order valence-corrected chi connectivity index (χ0v) is 14.3. The molecule has 20 heavy (non-hydrogen) atoms. The lowest BCUT2D eigenvalue weighted by atomic mass is 9.89. The average Bonchev–Trinajstić information content (AvgIpc) is 2.45. The molecule has 0 radical (unpaired) electrons. The Labute approximate surface area is 134 Å². The highest BCUT2D eigenvalue weighted by Gasteiger charge is 2.34. The topological polar surface area (TPSA) is 35.5 Å². The van der Waals surface area contributed by atoms with Crippen molar-refractivity contribution in [3.05, 3.63) is 48.2 Å². The van der Waals surface area contributed by atoms with Crippen LogP contribution < -0.4 is 0 Å². The van der Waals surface area contributed by atoms with E-state index in [1.165, 1.54) is 0 Å². The van der Waals surface area contributed by atoms with Gasteiger partial charge in [-0.05, 0) is 25.8 Å². The lowest BCUT2D eigenvalue weighted by molar-refractivity contribution is -0.145. The molecule has 0 aliphatic carbocycles. The van der Waals surface area contributed by atoms with Gasteiger partial charge in [-0.2, -0.15) is 0 Å². The lowest BCUT2D eigenvalue weighted by Crippen LogP contribution is -2.27.